The Labute approximate surface area is 151 Å². The van der Waals surface area contributed by atoms with E-state index < -0.39 is 4.92 Å². The second-order valence-corrected chi connectivity index (χ2v) is 5.65. The molecule has 0 radical (unpaired) electrons. The molecular weight excluding hydrogens is 342 g/mol. The van der Waals surface area contributed by atoms with Gasteiger partial charge in [0, 0.05) is 49.5 Å². The summed E-state index contributed by atoms with van der Waals surface area (Å²) in [6.45, 7) is 1.91. The third kappa shape index (κ3) is 6.31. The molecule has 3 N–H and O–H groups in total. The van der Waals surface area contributed by atoms with Crippen molar-refractivity contribution in [2.24, 2.45) is 4.99 Å². The fourth-order valence-electron chi connectivity index (χ4n) is 2.14. The fraction of sp³-hybridized carbons (Fsp3) is 0.235. The first-order valence-corrected chi connectivity index (χ1v) is 8.13. The van der Waals surface area contributed by atoms with E-state index in [1.54, 1.807) is 19.2 Å². The van der Waals surface area contributed by atoms with Crippen LogP contribution >= 0.6 is 11.6 Å². The second kappa shape index (κ2) is 9.48. The third-order valence-electron chi connectivity index (χ3n) is 3.40. The van der Waals surface area contributed by atoms with Gasteiger partial charge >= 0.3 is 0 Å². The predicted octanol–water partition coefficient (Wildman–Crippen LogP) is 3.03. The summed E-state index contributed by atoms with van der Waals surface area (Å²) in [7, 11) is 1.71. The van der Waals surface area contributed by atoms with Crippen LogP contribution in [0.5, 0.6) is 0 Å². The molecule has 2 rings (SSSR count). The van der Waals surface area contributed by atoms with Crippen molar-refractivity contribution in [3.8, 4) is 0 Å². The van der Waals surface area contributed by atoms with Gasteiger partial charge in [0.15, 0.2) is 5.96 Å². The van der Waals surface area contributed by atoms with Gasteiger partial charge < -0.3 is 16.0 Å². The highest BCUT2D eigenvalue weighted by atomic mass is 35.5. The number of hydrogen-bond donors (Lipinski definition) is 3. The molecule has 0 aliphatic rings. The molecule has 0 amide bonds. The highest BCUT2D eigenvalue weighted by Gasteiger charge is 2.03. The molecule has 0 saturated carbocycles. The lowest BCUT2D eigenvalue weighted by atomic mass is 10.2. The zero-order valence-corrected chi connectivity index (χ0v) is 14.6. The number of nitrogens with one attached hydrogen (secondary N) is 3. The van der Waals surface area contributed by atoms with Crippen molar-refractivity contribution < 1.29 is 4.92 Å². The molecule has 8 heteroatoms. The number of nitro benzene ring substituents is 1. The Kier molecular flexibility index (Phi) is 7.03. The summed E-state index contributed by atoms with van der Waals surface area (Å²) >= 11 is 5.96. The summed E-state index contributed by atoms with van der Waals surface area (Å²) in [6.07, 6.45) is 0. The van der Waals surface area contributed by atoms with Crippen LogP contribution in [-0.4, -0.2) is 31.0 Å². The quantitative estimate of drug-likeness (QED) is 0.232. The lowest BCUT2D eigenvalue weighted by Crippen LogP contribution is -2.39. The first kappa shape index (κ1) is 18.5. The molecule has 0 unspecified atom stereocenters. The van der Waals surface area contributed by atoms with Crippen molar-refractivity contribution in [2.45, 2.75) is 6.54 Å². The van der Waals surface area contributed by atoms with Crippen LogP contribution in [0.2, 0.25) is 5.02 Å². The maximum atomic E-state index is 10.6. The fourth-order valence-corrected chi connectivity index (χ4v) is 2.35. The number of anilines is 1. The minimum Gasteiger partial charge on any atom is -0.383 e. The third-order valence-corrected chi connectivity index (χ3v) is 3.63. The van der Waals surface area contributed by atoms with Crippen LogP contribution in [0.3, 0.4) is 0 Å². The van der Waals surface area contributed by atoms with Crippen molar-refractivity contribution in [1.29, 1.82) is 0 Å². The van der Waals surface area contributed by atoms with Crippen molar-refractivity contribution in [3.63, 3.8) is 0 Å². The number of nitro groups is 1. The molecule has 0 aliphatic carbocycles. The van der Waals surface area contributed by atoms with Crippen molar-refractivity contribution >= 4 is 28.9 Å². The number of aliphatic imine (C=N–C) groups is 1. The number of rotatable bonds is 7. The van der Waals surface area contributed by atoms with Gasteiger partial charge in [0.25, 0.3) is 5.69 Å². The second-order valence-electron chi connectivity index (χ2n) is 5.21. The Morgan fingerprint density at radius 3 is 2.56 bits per heavy atom. The summed E-state index contributed by atoms with van der Waals surface area (Å²) in [5.74, 6) is 0.686. The molecular formula is C17H20ClN5O2. The van der Waals surface area contributed by atoms with E-state index in [1.165, 1.54) is 12.1 Å². The van der Waals surface area contributed by atoms with Crippen molar-refractivity contribution in [2.75, 3.05) is 25.5 Å². The smallest absolute Gasteiger partial charge is 0.269 e. The molecule has 0 heterocycles. The normalized spacial score (nSPS) is 11.0. The Hall–Kier alpha value is -2.80. The van der Waals surface area contributed by atoms with Gasteiger partial charge in [0.05, 0.1) is 4.92 Å². The maximum absolute atomic E-state index is 10.6. The van der Waals surface area contributed by atoms with Crippen molar-refractivity contribution in [3.05, 3.63) is 69.2 Å². The zero-order chi connectivity index (χ0) is 18.1. The largest absolute Gasteiger partial charge is 0.383 e. The Balaban J connectivity index is 1.71. The molecule has 0 fully saturated rings. The van der Waals surface area contributed by atoms with E-state index in [-0.39, 0.29) is 5.69 Å². The number of non-ortho nitro benzene ring substituents is 1. The summed E-state index contributed by atoms with van der Waals surface area (Å²) in [5, 5.41) is 20.9. The number of guanidine groups is 1. The first-order valence-electron chi connectivity index (χ1n) is 7.76. The molecule has 132 valence electrons. The lowest BCUT2D eigenvalue weighted by molar-refractivity contribution is -0.384. The predicted molar refractivity (Wildman–Crippen MR) is 101 cm³/mol. The molecule has 2 aromatic carbocycles. The number of halogens is 1. The van der Waals surface area contributed by atoms with E-state index in [9.17, 15) is 10.1 Å². The monoisotopic (exact) mass is 361 g/mol. The molecule has 0 bridgehead atoms. The van der Waals surface area contributed by atoms with E-state index in [2.05, 4.69) is 20.9 Å². The number of hydrogen-bond acceptors (Lipinski definition) is 4. The number of nitrogens with zero attached hydrogens (tertiary/aromatic N) is 2. The van der Waals surface area contributed by atoms with E-state index in [1.807, 2.05) is 24.3 Å². The van der Waals surface area contributed by atoms with Gasteiger partial charge in [-0.15, -0.1) is 0 Å². The van der Waals surface area contributed by atoms with Crippen LogP contribution in [0, 0.1) is 10.1 Å². The minimum atomic E-state index is -0.416. The maximum Gasteiger partial charge on any atom is 0.269 e. The summed E-state index contributed by atoms with van der Waals surface area (Å²) < 4.78 is 0. The van der Waals surface area contributed by atoms with Crippen LogP contribution in [0.15, 0.2) is 53.5 Å². The van der Waals surface area contributed by atoms with Crippen LogP contribution in [0.1, 0.15) is 5.56 Å². The Morgan fingerprint density at radius 2 is 1.92 bits per heavy atom. The molecule has 0 saturated heterocycles. The summed E-state index contributed by atoms with van der Waals surface area (Å²) in [6, 6.07) is 13.9. The van der Waals surface area contributed by atoms with Gasteiger partial charge in [0.1, 0.15) is 0 Å². The number of benzene rings is 2. The highest BCUT2D eigenvalue weighted by Crippen LogP contribution is 2.14. The van der Waals surface area contributed by atoms with Crippen LogP contribution in [-0.2, 0) is 6.54 Å². The van der Waals surface area contributed by atoms with Crippen LogP contribution in [0.4, 0.5) is 11.4 Å². The molecule has 2 aromatic rings. The summed E-state index contributed by atoms with van der Waals surface area (Å²) in [4.78, 5) is 14.4. The van der Waals surface area contributed by atoms with Gasteiger partial charge in [-0.05, 0) is 29.8 Å². The SMILES string of the molecule is CN=C(NCCNc1ccc([N+](=O)[O-])cc1)NCc1cccc(Cl)c1. The van der Waals surface area contributed by atoms with E-state index in [0.717, 1.165) is 11.3 Å². The van der Waals surface area contributed by atoms with E-state index >= 15 is 0 Å². The van der Waals surface area contributed by atoms with E-state index in [4.69, 9.17) is 11.6 Å². The van der Waals surface area contributed by atoms with Gasteiger partial charge in [-0.25, -0.2) is 0 Å². The molecule has 0 aliphatic heterocycles. The lowest BCUT2D eigenvalue weighted by Gasteiger charge is -2.13. The Bertz CT molecular complexity index is 734. The van der Waals surface area contributed by atoms with Crippen LogP contribution in [0.25, 0.3) is 0 Å². The first-order chi connectivity index (χ1) is 12.1. The summed E-state index contributed by atoms with van der Waals surface area (Å²) in [5.41, 5.74) is 1.98. The molecule has 0 atom stereocenters. The molecule has 25 heavy (non-hydrogen) atoms. The van der Waals surface area contributed by atoms with Gasteiger partial charge in [0.2, 0.25) is 0 Å². The average molecular weight is 362 g/mol. The average Bonchev–Trinajstić information content (AvgIpc) is 2.61. The molecule has 7 nitrogen and oxygen atoms in total. The van der Waals surface area contributed by atoms with Crippen molar-refractivity contribution in [1.82, 2.24) is 10.6 Å². The van der Waals surface area contributed by atoms with Crippen LogP contribution < -0.4 is 16.0 Å². The van der Waals surface area contributed by atoms with Gasteiger partial charge in [-0.1, -0.05) is 23.7 Å². The standard InChI is InChI=1S/C17H20ClN5O2/c1-19-17(22-12-13-3-2-4-14(18)11-13)21-10-9-20-15-5-7-16(8-6-15)23(24)25/h2-8,11,20H,9-10,12H2,1H3,(H2,19,21,22). The molecule has 0 spiro atoms. The van der Waals surface area contributed by atoms with Gasteiger partial charge in [-0.3, -0.25) is 15.1 Å². The van der Waals surface area contributed by atoms with E-state index in [0.29, 0.717) is 30.6 Å². The minimum absolute atomic E-state index is 0.0780. The molecule has 0 aromatic heterocycles. The topological polar surface area (TPSA) is 91.6 Å². The zero-order valence-electron chi connectivity index (χ0n) is 13.8. The Morgan fingerprint density at radius 1 is 1.16 bits per heavy atom. The highest BCUT2D eigenvalue weighted by molar-refractivity contribution is 6.30. The van der Waals surface area contributed by atoms with Gasteiger partial charge in [-0.2, -0.15) is 0 Å².